The van der Waals surface area contributed by atoms with Gasteiger partial charge in [0.1, 0.15) is 5.75 Å². The average Bonchev–Trinajstić information content (AvgIpc) is 2.41. The van der Waals surface area contributed by atoms with Crippen molar-refractivity contribution >= 4 is 0 Å². The van der Waals surface area contributed by atoms with E-state index in [1.807, 2.05) is 6.07 Å². The molecule has 18 heavy (non-hydrogen) atoms. The Morgan fingerprint density at radius 3 is 2.61 bits per heavy atom. The molecule has 0 aliphatic heterocycles. The zero-order valence-corrected chi connectivity index (χ0v) is 11.8. The van der Waals surface area contributed by atoms with Gasteiger partial charge >= 0.3 is 0 Å². The van der Waals surface area contributed by atoms with E-state index in [0.29, 0.717) is 0 Å². The highest BCUT2D eigenvalue weighted by atomic mass is 16.5. The van der Waals surface area contributed by atoms with Crippen LogP contribution < -0.4 is 4.74 Å². The molecule has 0 heterocycles. The fraction of sp³-hybridized carbons (Fsp3) is 0.625. The molecule has 2 nitrogen and oxygen atoms in total. The highest BCUT2D eigenvalue weighted by Crippen LogP contribution is 2.15. The lowest BCUT2D eigenvalue weighted by atomic mass is 10.1. The SMILES string of the molecule is CCCCc1cccc(OCCCOCCC)c1. The summed E-state index contributed by atoms with van der Waals surface area (Å²) in [4.78, 5) is 0. The number of benzene rings is 1. The first-order valence-electron chi connectivity index (χ1n) is 7.16. The van der Waals surface area contributed by atoms with Crippen LogP contribution in [0.1, 0.15) is 45.1 Å². The molecule has 0 saturated heterocycles. The van der Waals surface area contributed by atoms with E-state index >= 15 is 0 Å². The molecule has 0 amide bonds. The number of rotatable bonds is 10. The predicted molar refractivity (Wildman–Crippen MR) is 76.3 cm³/mol. The monoisotopic (exact) mass is 250 g/mol. The van der Waals surface area contributed by atoms with Crippen molar-refractivity contribution in [3.63, 3.8) is 0 Å². The van der Waals surface area contributed by atoms with E-state index in [9.17, 15) is 0 Å². The van der Waals surface area contributed by atoms with Crippen LogP contribution in [0.15, 0.2) is 24.3 Å². The molecule has 0 radical (unpaired) electrons. The normalized spacial score (nSPS) is 10.6. The zero-order valence-electron chi connectivity index (χ0n) is 11.8. The summed E-state index contributed by atoms with van der Waals surface area (Å²) in [6, 6.07) is 8.44. The third-order valence-corrected chi connectivity index (χ3v) is 2.77. The Labute approximate surface area is 111 Å². The number of hydrogen-bond donors (Lipinski definition) is 0. The van der Waals surface area contributed by atoms with Crippen molar-refractivity contribution in [1.29, 1.82) is 0 Å². The van der Waals surface area contributed by atoms with E-state index in [-0.39, 0.29) is 0 Å². The Hall–Kier alpha value is -1.02. The quantitative estimate of drug-likeness (QED) is 0.579. The van der Waals surface area contributed by atoms with Crippen LogP contribution in [-0.4, -0.2) is 19.8 Å². The first-order chi connectivity index (χ1) is 8.86. The Bertz CT molecular complexity index is 310. The minimum Gasteiger partial charge on any atom is -0.493 e. The fourth-order valence-electron chi connectivity index (χ4n) is 1.77. The fourth-order valence-corrected chi connectivity index (χ4v) is 1.77. The molecule has 1 aromatic carbocycles. The van der Waals surface area contributed by atoms with E-state index in [2.05, 4.69) is 32.0 Å². The molecule has 102 valence electrons. The number of ether oxygens (including phenoxy) is 2. The second-order valence-electron chi connectivity index (χ2n) is 4.57. The van der Waals surface area contributed by atoms with Crippen molar-refractivity contribution in [1.82, 2.24) is 0 Å². The number of unbranched alkanes of at least 4 members (excludes halogenated alkanes) is 1. The molecule has 0 atom stereocenters. The van der Waals surface area contributed by atoms with Crippen molar-refractivity contribution in [2.75, 3.05) is 19.8 Å². The number of hydrogen-bond acceptors (Lipinski definition) is 2. The molecule has 1 rings (SSSR count). The minimum absolute atomic E-state index is 0.737. The Morgan fingerprint density at radius 1 is 0.944 bits per heavy atom. The largest absolute Gasteiger partial charge is 0.493 e. The van der Waals surface area contributed by atoms with Gasteiger partial charge in [0.25, 0.3) is 0 Å². The molecule has 0 spiro atoms. The van der Waals surface area contributed by atoms with E-state index < -0.39 is 0 Å². The Kier molecular flexibility index (Phi) is 8.32. The summed E-state index contributed by atoms with van der Waals surface area (Å²) in [5, 5.41) is 0. The maximum Gasteiger partial charge on any atom is 0.119 e. The molecule has 1 aromatic rings. The lowest BCUT2D eigenvalue weighted by Gasteiger charge is -2.08. The molecule has 0 aromatic heterocycles. The summed E-state index contributed by atoms with van der Waals surface area (Å²) in [6.07, 6.45) is 5.67. The van der Waals surface area contributed by atoms with E-state index in [4.69, 9.17) is 9.47 Å². The van der Waals surface area contributed by atoms with Gasteiger partial charge in [-0.1, -0.05) is 32.4 Å². The van der Waals surface area contributed by atoms with Crippen molar-refractivity contribution in [2.45, 2.75) is 46.0 Å². The Morgan fingerprint density at radius 2 is 1.83 bits per heavy atom. The summed E-state index contributed by atoms with van der Waals surface area (Å²) < 4.78 is 11.1. The van der Waals surface area contributed by atoms with Crippen LogP contribution >= 0.6 is 0 Å². The lowest BCUT2D eigenvalue weighted by molar-refractivity contribution is 0.120. The van der Waals surface area contributed by atoms with Crippen molar-refractivity contribution in [2.24, 2.45) is 0 Å². The van der Waals surface area contributed by atoms with Crippen LogP contribution in [0.2, 0.25) is 0 Å². The highest BCUT2D eigenvalue weighted by Gasteiger charge is 1.97. The van der Waals surface area contributed by atoms with Crippen LogP contribution in [0.3, 0.4) is 0 Å². The van der Waals surface area contributed by atoms with E-state index in [1.165, 1.54) is 18.4 Å². The predicted octanol–water partition coefficient (Wildman–Crippen LogP) is 4.22. The molecule has 0 aliphatic carbocycles. The molecule has 0 aliphatic rings. The zero-order chi connectivity index (χ0) is 13.1. The van der Waals surface area contributed by atoms with Gasteiger partial charge in [0.2, 0.25) is 0 Å². The van der Waals surface area contributed by atoms with Gasteiger partial charge in [0, 0.05) is 19.6 Å². The molecular weight excluding hydrogens is 224 g/mol. The first-order valence-corrected chi connectivity index (χ1v) is 7.16. The standard InChI is InChI=1S/C16H26O2/c1-3-5-8-15-9-6-10-16(14-15)18-13-7-12-17-11-4-2/h6,9-10,14H,3-5,7-8,11-13H2,1-2H3. The van der Waals surface area contributed by atoms with Gasteiger partial charge < -0.3 is 9.47 Å². The molecule has 0 unspecified atom stereocenters. The van der Waals surface area contributed by atoms with Gasteiger partial charge in [0.05, 0.1) is 6.61 Å². The smallest absolute Gasteiger partial charge is 0.119 e. The van der Waals surface area contributed by atoms with E-state index in [0.717, 1.165) is 44.8 Å². The maximum atomic E-state index is 5.73. The second-order valence-corrected chi connectivity index (χ2v) is 4.57. The topological polar surface area (TPSA) is 18.5 Å². The van der Waals surface area contributed by atoms with Crippen molar-refractivity contribution < 1.29 is 9.47 Å². The molecule has 0 fully saturated rings. The van der Waals surface area contributed by atoms with Crippen LogP contribution in [0.4, 0.5) is 0 Å². The average molecular weight is 250 g/mol. The molecule has 0 saturated carbocycles. The summed E-state index contributed by atoms with van der Waals surface area (Å²) in [5.74, 6) is 0.985. The van der Waals surface area contributed by atoms with Crippen LogP contribution in [-0.2, 0) is 11.2 Å². The van der Waals surface area contributed by atoms with E-state index in [1.54, 1.807) is 0 Å². The Balaban J connectivity index is 2.20. The molecular formula is C16H26O2. The summed E-state index contributed by atoms with van der Waals surface area (Å²) in [5.41, 5.74) is 1.37. The van der Waals surface area contributed by atoms with Crippen molar-refractivity contribution in [3.8, 4) is 5.75 Å². The third-order valence-electron chi connectivity index (χ3n) is 2.77. The minimum atomic E-state index is 0.737. The van der Waals surface area contributed by atoms with Crippen molar-refractivity contribution in [3.05, 3.63) is 29.8 Å². The van der Waals surface area contributed by atoms with Crippen LogP contribution in [0.5, 0.6) is 5.75 Å². The summed E-state index contributed by atoms with van der Waals surface area (Å²) >= 11 is 0. The van der Waals surface area contributed by atoms with Gasteiger partial charge in [-0.25, -0.2) is 0 Å². The molecule has 0 bridgehead atoms. The number of aryl methyl sites for hydroxylation is 1. The molecule has 2 heteroatoms. The summed E-state index contributed by atoms with van der Waals surface area (Å²) in [6.45, 7) is 6.73. The van der Waals surface area contributed by atoms with Gasteiger partial charge in [-0.15, -0.1) is 0 Å². The van der Waals surface area contributed by atoms with Gasteiger partial charge in [-0.05, 0) is 37.0 Å². The summed E-state index contributed by atoms with van der Waals surface area (Å²) in [7, 11) is 0. The van der Waals surface area contributed by atoms with Gasteiger partial charge in [-0.2, -0.15) is 0 Å². The molecule has 0 N–H and O–H groups in total. The second kappa shape index (κ2) is 9.95. The lowest BCUT2D eigenvalue weighted by Crippen LogP contribution is -2.03. The first kappa shape index (κ1) is 15.0. The van der Waals surface area contributed by atoms with Crippen LogP contribution in [0.25, 0.3) is 0 Å². The van der Waals surface area contributed by atoms with Gasteiger partial charge in [0.15, 0.2) is 0 Å². The maximum absolute atomic E-state index is 5.73. The highest BCUT2D eigenvalue weighted by molar-refractivity contribution is 5.28. The third kappa shape index (κ3) is 6.65. The van der Waals surface area contributed by atoms with Gasteiger partial charge in [-0.3, -0.25) is 0 Å². The van der Waals surface area contributed by atoms with Crippen LogP contribution in [0, 0.1) is 0 Å².